The monoisotopic (exact) mass is 330 g/mol. The molecule has 2 aromatic rings. The summed E-state index contributed by atoms with van der Waals surface area (Å²) >= 11 is 0. The Labute approximate surface area is 140 Å². The minimum absolute atomic E-state index is 0.0678. The lowest BCUT2D eigenvalue weighted by atomic mass is 9.94. The van der Waals surface area contributed by atoms with E-state index in [1.165, 1.54) is 0 Å². The lowest BCUT2D eigenvalue weighted by Crippen LogP contribution is -2.46. The summed E-state index contributed by atoms with van der Waals surface area (Å²) in [6, 6.07) is 5.70. The van der Waals surface area contributed by atoms with Crippen molar-refractivity contribution in [2.45, 2.75) is 38.6 Å². The van der Waals surface area contributed by atoms with Crippen LogP contribution in [0.5, 0.6) is 0 Å². The Morgan fingerprint density at radius 3 is 3.04 bits per heavy atom. The summed E-state index contributed by atoms with van der Waals surface area (Å²) in [6.07, 6.45) is 4.31. The maximum absolute atomic E-state index is 12.5. The van der Waals surface area contributed by atoms with E-state index in [0.717, 1.165) is 12.8 Å². The zero-order valence-corrected chi connectivity index (χ0v) is 13.8. The Morgan fingerprint density at radius 2 is 2.29 bits per heavy atom. The number of amides is 1. The van der Waals surface area contributed by atoms with Crippen LogP contribution in [0.3, 0.4) is 0 Å². The van der Waals surface area contributed by atoms with Gasteiger partial charge in [-0.05, 0) is 37.8 Å². The first-order valence-electron chi connectivity index (χ1n) is 8.31. The van der Waals surface area contributed by atoms with Gasteiger partial charge in [0, 0.05) is 38.2 Å². The van der Waals surface area contributed by atoms with Crippen molar-refractivity contribution in [1.29, 1.82) is 0 Å². The summed E-state index contributed by atoms with van der Waals surface area (Å²) in [5.41, 5.74) is 0.647. The van der Waals surface area contributed by atoms with Gasteiger partial charge in [0.05, 0.1) is 0 Å². The molecule has 7 heteroatoms. The van der Waals surface area contributed by atoms with E-state index >= 15 is 0 Å². The van der Waals surface area contributed by atoms with Gasteiger partial charge in [0.15, 0.2) is 0 Å². The Kier molecular flexibility index (Phi) is 5.20. The molecule has 1 fully saturated rings. The van der Waals surface area contributed by atoms with Crippen LogP contribution in [0.1, 0.15) is 32.1 Å². The summed E-state index contributed by atoms with van der Waals surface area (Å²) in [6.45, 7) is 2.81. The second kappa shape index (κ2) is 7.53. The van der Waals surface area contributed by atoms with Crippen LogP contribution in [0.4, 0.5) is 0 Å². The Balaban J connectivity index is 1.57. The van der Waals surface area contributed by atoms with Gasteiger partial charge in [0.2, 0.25) is 17.6 Å². The molecule has 2 unspecified atom stereocenters. The number of hydrogen-bond donors (Lipinski definition) is 1. The molecule has 3 heterocycles. The highest BCUT2D eigenvalue weighted by Crippen LogP contribution is 2.22. The summed E-state index contributed by atoms with van der Waals surface area (Å²) in [5, 5.41) is 13.2. The molecule has 1 saturated heterocycles. The van der Waals surface area contributed by atoms with Crippen molar-refractivity contribution in [1.82, 2.24) is 20.0 Å². The quantitative estimate of drug-likeness (QED) is 0.897. The highest BCUT2D eigenvalue weighted by molar-refractivity contribution is 5.76. The standard InChI is InChI=1S/C17H22N4O3/c1-12-5-6-13(11-22)10-21(12)16(23)8-7-15-19-17(20-24-15)14-4-2-3-9-18-14/h2-4,9,12-13,22H,5-8,10-11H2,1H3. The molecular weight excluding hydrogens is 308 g/mol. The Bertz CT molecular complexity index is 673. The van der Waals surface area contributed by atoms with Gasteiger partial charge < -0.3 is 14.5 Å². The number of aliphatic hydroxyl groups excluding tert-OH is 1. The fourth-order valence-corrected chi connectivity index (χ4v) is 2.99. The molecule has 2 aromatic heterocycles. The van der Waals surface area contributed by atoms with Gasteiger partial charge in [-0.3, -0.25) is 9.78 Å². The van der Waals surface area contributed by atoms with Crippen LogP contribution < -0.4 is 0 Å². The third-order valence-corrected chi connectivity index (χ3v) is 4.47. The third-order valence-electron chi connectivity index (χ3n) is 4.47. The van der Waals surface area contributed by atoms with Gasteiger partial charge in [-0.1, -0.05) is 11.2 Å². The smallest absolute Gasteiger partial charge is 0.227 e. The maximum Gasteiger partial charge on any atom is 0.227 e. The first kappa shape index (κ1) is 16.6. The molecule has 128 valence electrons. The van der Waals surface area contributed by atoms with Gasteiger partial charge in [0.25, 0.3) is 0 Å². The highest BCUT2D eigenvalue weighted by Gasteiger charge is 2.28. The van der Waals surface area contributed by atoms with E-state index in [2.05, 4.69) is 22.0 Å². The average molecular weight is 330 g/mol. The number of nitrogens with zero attached hydrogens (tertiary/aromatic N) is 4. The van der Waals surface area contributed by atoms with Crippen LogP contribution in [0.15, 0.2) is 28.9 Å². The fraction of sp³-hybridized carbons (Fsp3) is 0.529. The number of carbonyl (C=O) groups is 1. The average Bonchev–Trinajstić information content (AvgIpc) is 3.10. The van der Waals surface area contributed by atoms with E-state index in [4.69, 9.17) is 4.52 Å². The van der Waals surface area contributed by atoms with Crippen molar-refractivity contribution >= 4 is 5.91 Å². The van der Waals surface area contributed by atoms with Crippen LogP contribution in [0.25, 0.3) is 11.5 Å². The molecule has 1 N–H and O–H groups in total. The largest absolute Gasteiger partial charge is 0.396 e. The Morgan fingerprint density at radius 1 is 1.42 bits per heavy atom. The van der Waals surface area contributed by atoms with Crippen molar-refractivity contribution in [3.63, 3.8) is 0 Å². The number of aromatic nitrogens is 3. The summed E-state index contributed by atoms with van der Waals surface area (Å²) in [5.74, 6) is 1.12. The number of likely N-dealkylation sites (tertiary alicyclic amines) is 1. The molecule has 7 nitrogen and oxygen atoms in total. The zero-order valence-electron chi connectivity index (χ0n) is 13.8. The normalized spacial score (nSPS) is 21.0. The molecule has 0 saturated carbocycles. The molecule has 0 bridgehead atoms. The van der Waals surface area contributed by atoms with E-state index in [-0.39, 0.29) is 24.5 Å². The Hall–Kier alpha value is -2.28. The van der Waals surface area contributed by atoms with Crippen molar-refractivity contribution in [3.8, 4) is 11.5 Å². The van der Waals surface area contributed by atoms with Crippen molar-refractivity contribution < 1.29 is 14.4 Å². The lowest BCUT2D eigenvalue weighted by molar-refractivity contribution is -0.136. The predicted octanol–water partition coefficient (Wildman–Crippen LogP) is 1.68. The van der Waals surface area contributed by atoms with Gasteiger partial charge in [-0.25, -0.2) is 0 Å². The molecule has 1 amide bonds. The summed E-state index contributed by atoms with van der Waals surface area (Å²) in [4.78, 5) is 22.8. The van der Waals surface area contributed by atoms with E-state index in [1.54, 1.807) is 6.20 Å². The molecule has 0 spiro atoms. The van der Waals surface area contributed by atoms with E-state index < -0.39 is 0 Å². The van der Waals surface area contributed by atoms with Crippen LogP contribution in [0, 0.1) is 5.92 Å². The fourth-order valence-electron chi connectivity index (χ4n) is 2.99. The molecule has 1 aliphatic rings. The molecule has 0 aromatic carbocycles. The van der Waals surface area contributed by atoms with E-state index in [1.807, 2.05) is 23.1 Å². The predicted molar refractivity (Wildman–Crippen MR) is 86.8 cm³/mol. The number of rotatable bonds is 5. The summed E-state index contributed by atoms with van der Waals surface area (Å²) in [7, 11) is 0. The van der Waals surface area contributed by atoms with Crippen LogP contribution in [-0.2, 0) is 11.2 Å². The molecule has 3 rings (SSSR count). The second-order valence-electron chi connectivity index (χ2n) is 6.25. The first-order valence-corrected chi connectivity index (χ1v) is 8.31. The summed E-state index contributed by atoms with van der Waals surface area (Å²) < 4.78 is 5.21. The number of pyridine rings is 1. The number of aryl methyl sites for hydroxylation is 1. The third kappa shape index (κ3) is 3.79. The highest BCUT2D eigenvalue weighted by atomic mass is 16.5. The van der Waals surface area contributed by atoms with Gasteiger partial charge in [0.1, 0.15) is 5.69 Å². The molecule has 0 radical (unpaired) electrons. The molecule has 2 atom stereocenters. The molecular formula is C17H22N4O3. The minimum atomic E-state index is 0.0678. The minimum Gasteiger partial charge on any atom is -0.396 e. The van der Waals surface area contributed by atoms with E-state index in [0.29, 0.717) is 36.8 Å². The van der Waals surface area contributed by atoms with Crippen LogP contribution in [-0.4, -0.2) is 50.2 Å². The van der Waals surface area contributed by atoms with Crippen molar-refractivity contribution in [3.05, 3.63) is 30.3 Å². The number of carbonyl (C=O) groups excluding carboxylic acids is 1. The molecule has 0 aliphatic carbocycles. The molecule has 24 heavy (non-hydrogen) atoms. The molecule has 1 aliphatic heterocycles. The lowest BCUT2D eigenvalue weighted by Gasteiger charge is -2.37. The zero-order chi connectivity index (χ0) is 16.9. The van der Waals surface area contributed by atoms with Crippen molar-refractivity contribution in [2.24, 2.45) is 5.92 Å². The first-order chi connectivity index (χ1) is 11.7. The van der Waals surface area contributed by atoms with Crippen LogP contribution >= 0.6 is 0 Å². The number of piperidine rings is 1. The number of aliphatic hydroxyl groups is 1. The van der Waals surface area contributed by atoms with Crippen LogP contribution in [0.2, 0.25) is 0 Å². The van der Waals surface area contributed by atoms with E-state index in [9.17, 15) is 9.90 Å². The topological polar surface area (TPSA) is 92.3 Å². The van der Waals surface area contributed by atoms with Gasteiger partial charge >= 0.3 is 0 Å². The maximum atomic E-state index is 12.5. The van der Waals surface area contributed by atoms with Gasteiger partial charge in [-0.15, -0.1) is 0 Å². The van der Waals surface area contributed by atoms with Crippen molar-refractivity contribution in [2.75, 3.05) is 13.2 Å². The number of hydrogen-bond acceptors (Lipinski definition) is 6. The second-order valence-corrected chi connectivity index (χ2v) is 6.25. The van der Waals surface area contributed by atoms with Gasteiger partial charge in [-0.2, -0.15) is 4.98 Å². The SMILES string of the molecule is CC1CCC(CO)CN1C(=O)CCc1nc(-c2ccccn2)no1.